The Kier molecular flexibility index (Phi) is 12.3. The van der Waals surface area contributed by atoms with Gasteiger partial charge >= 0.3 is 0 Å². The lowest BCUT2D eigenvalue weighted by molar-refractivity contribution is 0.193. The summed E-state index contributed by atoms with van der Waals surface area (Å²) in [7, 11) is 1.74. The van der Waals surface area contributed by atoms with Gasteiger partial charge in [-0.2, -0.15) is 0 Å². The van der Waals surface area contributed by atoms with Crippen molar-refractivity contribution in [3.8, 4) is 5.75 Å². The van der Waals surface area contributed by atoms with Crippen LogP contribution in [0.4, 0.5) is 0 Å². The Labute approximate surface area is 118 Å². The summed E-state index contributed by atoms with van der Waals surface area (Å²) >= 11 is 0. The van der Waals surface area contributed by atoms with Crippen LogP contribution in [-0.4, -0.2) is 20.3 Å². The van der Waals surface area contributed by atoms with E-state index in [1.165, 1.54) is 12.0 Å². The predicted octanol–water partition coefficient (Wildman–Crippen LogP) is 4.77. The zero-order valence-electron chi connectivity index (χ0n) is 12.8. The highest BCUT2D eigenvalue weighted by atomic mass is 16.5. The minimum atomic E-state index is 0.646. The second-order valence-corrected chi connectivity index (χ2v) is 4.08. The van der Waals surface area contributed by atoms with Gasteiger partial charge in [0, 0.05) is 13.7 Å². The minimum Gasteiger partial charge on any atom is -0.490 e. The Morgan fingerprint density at radius 1 is 1.00 bits per heavy atom. The third-order valence-corrected chi connectivity index (χ3v) is 2.50. The van der Waals surface area contributed by atoms with Crippen LogP contribution >= 0.6 is 0 Å². The SMILES string of the molecule is CC.COCCCC/C=C/COc1ccc(C)cc1. The first kappa shape index (κ1) is 17.7. The van der Waals surface area contributed by atoms with Gasteiger partial charge in [-0.25, -0.2) is 0 Å². The summed E-state index contributed by atoms with van der Waals surface area (Å²) in [4.78, 5) is 0. The molecule has 0 spiro atoms. The standard InChI is InChI=1S/C15H22O2.C2H6/c1-14-8-10-15(11-9-14)17-13-7-5-3-4-6-12-16-2;1-2/h5,7-11H,3-4,6,12-13H2,1-2H3;1-2H3/b7-5+;. The summed E-state index contributed by atoms with van der Waals surface area (Å²) in [6, 6.07) is 8.12. The Balaban J connectivity index is 0.00000154. The topological polar surface area (TPSA) is 18.5 Å². The molecule has 1 aromatic rings. The molecule has 0 atom stereocenters. The van der Waals surface area contributed by atoms with Crippen LogP contribution in [0.15, 0.2) is 36.4 Å². The van der Waals surface area contributed by atoms with Crippen LogP contribution in [0.3, 0.4) is 0 Å². The molecule has 0 aliphatic carbocycles. The fourth-order valence-electron chi connectivity index (χ4n) is 1.47. The first-order valence-electron chi connectivity index (χ1n) is 7.16. The summed E-state index contributed by atoms with van der Waals surface area (Å²) in [5, 5.41) is 0. The molecule has 0 N–H and O–H groups in total. The van der Waals surface area contributed by atoms with Crippen LogP contribution in [0, 0.1) is 6.92 Å². The smallest absolute Gasteiger partial charge is 0.119 e. The summed E-state index contributed by atoms with van der Waals surface area (Å²) < 4.78 is 10.6. The number of benzene rings is 1. The van der Waals surface area contributed by atoms with Crippen molar-refractivity contribution in [3.05, 3.63) is 42.0 Å². The minimum absolute atomic E-state index is 0.646. The van der Waals surface area contributed by atoms with Crippen LogP contribution in [0.2, 0.25) is 0 Å². The van der Waals surface area contributed by atoms with E-state index in [9.17, 15) is 0 Å². The lowest BCUT2D eigenvalue weighted by Gasteiger charge is -2.02. The summed E-state index contributed by atoms with van der Waals surface area (Å²) in [5.41, 5.74) is 1.26. The molecule has 0 unspecified atom stereocenters. The first-order valence-corrected chi connectivity index (χ1v) is 7.16. The molecule has 1 aromatic carbocycles. The summed E-state index contributed by atoms with van der Waals surface area (Å²) in [6.07, 6.45) is 7.64. The molecule has 0 aliphatic heterocycles. The molecule has 0 aliphatic rings. The number of ether oxygens (including phenoxy) is 2. The number of aryl methyl sites for hydroxylation is 1. The van der Waals surface area contributed by atoms with E-state index in [-0.39, 0.29) is 0 Å². The molecule has 0 amide bonds. The van der Waals surface area contributed by atoms with E-state index in [1.807, 2.05) is 26.0 Å². The van der Waals surface area contributed by atoms with Gasteiger partial charge in [-0.1, -0.05) is 43.7 Å². The second-order valence-electron chi connectivity index (χ2n) is 4.08. The molecule has 2 heteroatoms. The highest BCUT2D eigenvalue weighted by Crippen LogP contribution is 2.11. The first-order chi connectivity index (χ1) is 9.33. The fraction of sp³-hybridized carbons (Fsp3) is 0.529. The maximum Gasteiger partial charge on any atom is 0.119 e. The Morgan fingerprint density at radius 3 is 2.32 bits per heavy atom. The Bertz CT molecular complexity index is 315. The van der Waals surface area contributed by atoms with Crippen molar-refractivity contribution < 1.29 is 9.47 Å². The fourth-order valence-corrected chi connectivity index (χ4v) is 1.47. The van der Waals surface area contributed by atoms with E-state index in [0.29, 0.717) is 6.61 Å². The highest BCUT2D eigenvalue weighted by molar-refractivity contribution is 5.26. The van der Waals surface area contributed by atoms with Crippen LogP contribution in [0.25, 0.3) is 0 Å². The molecule has 0 radical (unpaired) electrons. The molecule has 0 saturated carbocycles. The van der Waals surface area contributed by atoms with E-state index < -0.39 is 0 Å². The van der Waals surface area contributed by atoms with Crippen molar-refractivity contribution in [1.82, 2.24) is 0 Å². The van der Waals surface area contributed by atoms with Gasteiger partial charge in [0.25, 0.3) is 0 Å². The van der Waals surface area contributed by atoms with Gasteiger partial charge in [0.2, 0.25) is 0 Å². The Hall–Kier alpha value is -1.28. The number of hydrogen-bond acceptors (Lipinski definition) is 2. The van der Waals surface area contributed by atoms with Crippen LogP contribution in [0.5, 0.6) is 5.75 Å². The monoisotopic (exact) mass is 264 g/mol. The normalized spacial score (nSPS) is 10.1. The van der Waals surface area contributed by atoms with Gasteiger partial charge in [0.15, 0.2) is 0 Å². The quantitative estimate of drug-likeness (QED) is 0.497. The van der Waals surface area contributed by atoms with Crippen molar-refractivity contribution in [2.24, 2.45) is 0 Å². The molecule has 0 aromatic heterocycles. The van der Waals surface area contributed by atoms with E-state index in [4.69, 9.17) is 9.47 Å². The molecule has 0 heterocycles. The number of allylic oxidation sites excluding steroid dienone is 1. The van der Waals surface area contributed by atoms with Gasteiger partial charge in [0.1, 0.15) is 12.4 Å². The van der Waals surface area contributed by atoms with E-state index >= 15 is 0 Å². The average Bonchev–Trinajstić information content (AvgIpc) is 2.46. The number of hydrogen-bond donors (Lipinski definition) is 0. The van der Waals surface area contributed by atoms with Crippen molar-refractivity contribution in [2.75, 3.05) is 20.3 Å². The van der Waals surface area contributed by atoms with Crippen molar-refractivity contribution in [1.29, 1.82) is 0 Å². The highest BCUT2D eigenvalue weighted by Gasteiger charge is 1.90. The molecule has 0 saturated heterocycles. The van der Waals surface area contributed by atoms with Gasteiger partial charge < -0.3 is 9.47 Å². The third kappa shape index (κ3) is 10.3. The zero-order valence-corrected chi connectivity index (χ0v) is 12.8. The molecule has 1 rings (SSSR count). The molecular formula is C17H28O2. The molecular weight excluding hydrogens is 236 g/mol. The van der Waals surface area contributed by atoms with Crippen molar-refractivity contribution >= 4 is 0 Å². The molecule has 0 bridgehead atoms. The molecule has 2 nitrogen and oxygen atoms in total. The van der Waals surface area contributed by atoms with Crippen molar-refractivity contribution in [2.45, 2.75) is 40.0 Å². The van der Waals surface area contributed by atoms with Gasteiger partial charge in [-0.3, -0.25) is 0 Å². The lowest BCUT2D eigenvalue weighted by atomic mass is 10.2. The van der Waals surface area contributed by atoms with Crippen LogP contribution in [0.1, 0.15) is 38.7 Å². The summed E-state index contributed by atoms with van der Waals surface area (Å²) in [6.45, 7) is 7.57. The lowest BCUT2D eigenvalue weighted by Crippen LogP contribution is -1.93. The number of unbranched alkanes of at least 4 members (excludes halogenated alkanes) is 2. The predicted molar refractivity (Wildman–Crippen MR) is 82.9 cm³/mol. The third-order valence-electron chi connectivity index (χ3n) is 2.50. The molecule has 108 valence electrons. The van der Waals surface area contributed by atoms with Crippen molar-refractivity contribution in [3.63, 3.8) is 0 Å². The van der Waals surface area contributed by atoms with Gasteiger partial charge in [-0.15, -0.1) is 0 Å². The molecule has 19 heavy (non-hydrogen) atoms. The van der Waals surface area contributed by atoms with Gasteiger partial charge in [-0.05, 0) is 38.3 Å². The number of methoxy groups -OCH3 is 1. The van der Waals surface area contributed by atoms with E-state index in [0.717, 1.165) is 25.2 Å². The number of rotatable bonds is 8. The van der Waals surface area contributed by atoms with Crippen LogP contribution in [-0.2, 0) is 4.74 Å². The largest absolute Gasteiger partial charge is 0.490 e. The van der Waals surface area contributed by atoms with Crippen LogP contribution < -0.4 is 4.74 Å². The maximum atomic E-state index is 5.58. The zero-order chi connectivity index (χ0) is 14.3. The van der Waals surface area contributed by atoms with E-state index in [2.05, 4.69) is 31.2 Å². The average molecular weight is 264 g/mol. The maximum absolute atomic E-state index is 5.58. The Morgan fingerprint density at radius 2 is 1.68 bits per heavy atom. The second kappa shape index (κ2) is 13.2. The molecule has 0 fully saturated rings. The van der Waals surface area contributed by atoms with Gasteiger partial charge in [0.05, 0.1) is 0 Å². The summed E-state index contributed by atoms with van der Waals surface area (Å²) in [5.74, 6) is 0.930. The van der Waals surface area contributed by atoms with E-state index in [1.54, 1.807) is 7.11 Å².